The fourth-order valence-corrected chi connectivity index (χ4v) is 5.37. The van der Waals surface area contributed by atoms with Crippen LogP contribution in [0.1, 0.15) is 12.5 Å². The molecular weight excluding hydrogens is 352 g/mol. The zero-order valence-corrected chi connectivity index (χ0v) is 14.2. The summed E-state index contributed by atoms with van der Waals surface area (Å²) in [6.07, 6.45) is 0.633. The Morgan fingerprint density at radius 3 is 2.83 bits per heavy atom. The van der Waals surface area contributed by atoms with Crippen molar-refractivity contribution in [2.45, 2.75) is 24.3 Å². The van der Waals surface area contributed by atoms with E-state index in [2.05, 4.69) is 4.98 Å². The molecular formula is C16H13ClN2O4S. The van der Waals surface area contributed by atoms with E-state index >= 15 is 0 Å². The van der Waals surface area contributed by atoms with Gasteiger partial charge in [-0.1, -0.05) is 29.8 Å². The number of aromatic amines is 1. The lowest BCUT2D eigenvalue weighted by molar-refractivity contribution is 0.553. The van der Waals surface area contributed by atoms with Crippen LogP contribution in [0.5, 0.6) is 0 Å². The standard InChI is InChI=1S/C16H13ClN2O4S/c1-9-6-10-4-2-3-5-13(10)19(9)24(21,22)15-8-14-12(7-11(15)17)18-16(20)23-14/h2-5,7-9H,6H2,1H3,(H,18,20). The number of nitrogens with zero attached hydrogens (tertiary/aromatic N) is 1. The van der Waals surface area contributed by atoms with Gasteiger partial charge in [0.1, 0.15) is 4.90 Å². The number of benzene rings is 2. The average Bonchev–Trinajstić information content (AvgIpc) is 3.03. The number of hydrogen-bond donors (Lipinski definition) is 1. The Labute approximate surface area is 142 Å². The maximum atomic E-state index is 13.2. The summed E-state index contributed by atoms with van der Waals surface area (Å²) in [5.41, 5.74) is 2.14. The van der Waals surface area contributed by atoms with Crippen LogP contribution in [0, 0.1) is 0 Å². The van der Waals surface area contributed by atoms with E-state index in [1.54, 1.807) is 12.1 Å². The topological polar surface area (TPSA) is 83.4 Å². The normalized spacial score (nSPS) is 17.4. The maximum absolute atomic E-state index is 13.2. The number of sulfonamides is 1. The fourth-order valence-electron chi connectivity index (χ4n) is 3.16. The Kier molecular flexibility index (Phi) is 3.26. The molecule has 24 heavy (non-hydrogen) atoms. The minimum absolute atomic E-state index is 0.0381. The van der Waals surface area contributed by atoms with Crippen molar-refractivity contribution < 1.29 is 12.8 Å². The molecule has 0 bridgehead atoms. The number of H-pyrrole nitrogens is 1. The number of halogens is 1. The molecule has 1 unspecified atom stereocenters. The van der Waals surface area contributed by atoms with Crippen LogP contribution < -0.4 is 10.1 Å². The monoisotopic (exact) mass is 364 g/mol. The summed E-state index contributed by atoms with van der Waals surface area (Å²) in [4.78, 5) is 13.7. The minimum Gasteiger partial charge on any atom is -0.408 e. The van der Waals surface area contributed by atoms with Gasteiger partial charge >= 0.3 is 5.76 Å². The third-order valence-corrected chi connectivity index (χ3v) is 6.55. The van der Waals surface area contributed by atoms with E-state index in [-0.39, 0.29) is 21.5 Å². The molecule has 124 valence electrons. The second kappa shape index (κ2) is 5.12. The van der Waals surface area contributed by atoms with Crippen LogP contribution in [-0.4, -0.2) is 19.4 Å². The number of nitrogens with one attached hydrogen (secondary N) is 1. The molecule has 1 aliphatic rings. The molecule has 0 saturated heterocycles. The van der Waals surface area contributed by atoms with Crippen molar-refractivity contribution in [3.05, 3.63) is 57.5 Å². The molecule has 1 aliphatic heterocycles. The summed E-state index contributed by atoms with van der Waals surface area (Å²) in [5, 5.41) is 0.0381. The van der Waals surface area contributed by atoms with Gasteiger partial charge in [0.2, 0.25) is 0 Å². The average molecular weight is 365 g/mol. The highest BCUT2D eigenvalue weighted by molar-refractivity contribution is 7.93. The van der Waals surface area contributed by atoms with Gasteiger partial charge in [-0.3, -0.25) is 9.29 Å². The molecule has 1 atom stereocenters. The van der Waals surface area contributed by atoms with E-state index in [4.69, 9.17) is 16.0 Å². The third-order valence-electron chi connectivity index (χ3n) is 4.16. The highest BCUT2D eigenvalue weighted by Gasteiger charge is 2.37. The van der Waals surface area contributed by atoms with E-state index in [1.165, 1.54) is 16.4 Å². The number of para-hydroxylation sites is 1. The smallest absolute Gasteiger partial charge is 0.408 e. The Bertz CT molecular complexity index is 1120. The molecule has 0 fully saturated rings. The van der Waals surface area contributed by atoms with Gasteiger partial charge in [-0.15, -0.1) is 0 Å². The highest BCUT2D eigenvalue weighted by atomic mass is 35.5. The van der Waals surface area contributed by atoms with Gasteiger partial charge in [0.05, 0.1) is 16.2 Å². The molecule has 1 aromatic heterocycles. The minimum atomic E-state index is -3.89. The van der Waals surface area contributed by atoms with Crippen molar-refractivity contribution in [2.75, 3.05) is 4.31 Å². The predicted octanol–water partition coefficient (Wildman–Crippen LogP) is 2.91. The molecule has 0 saturated carbocycles. The lowest BCUT2D eigenvalue weighted by Gasteiger charge is -2.24. The van der Waals surface area contributed by atoms with Crippen LogP contribution in [0.4, 0.5) is 5.69 Å². The Balaban J connectivity index is 1.92. The summed E-state index contributed by atoms with van der Waals surface area (Å²) in [6, 6.07) is 9.83. The third kappa shape index (κ3) is 2.16. The number of aromatic nitrogens is 1. The summed E-state index contributed by atoms with van der Waals surface area (Å²) < 4.78 is 32.7. The Morgan fingerprint density at radius 1 is 1.29 bits per heavy atom. The molecule has 0 amide bonds. The lowest BCUT2D eigenvalue weighted by atomic mass is 10.1. The highest BCUT2D eigenvalue weighted by Crippen LogP contribution is 2.38. The zero-order valence-electron chi connectivity index (χ0n) is 12.6. The second-order valence-corrected chi connectivity index (χ2v) is 7.97. The first-order chi connectivity index (χ1) is 11.4. The summed E-state index contributed by atoms with van der Waals surface area (Å²) in [5.74, 6) is -0.657. The van der Waals surface area contributed by atoms with Crippen LogP contribution >= 0.6 is 11.6 Å². The molecule has 0 aliphatic carbocycles. The molecule has 0 radical (unpaired) electrons. The van der Waals surface area contributed by atoms with Crippen LogP contribution in [0.3, 0.4) is 0 Å². The zero-order chi connectivity index (χ0) is 17.1. The quantitative estimate of drug-likeness (QED) is 0.757. The summed E-state index contributed by atoms with van der Waals surface area (Å²) in [6.45, 7) is 1.85. The van der Waals surface area contributed by atoms with E-state index in [9.17, 15) is 13.2 Å². The largest absolute Gasteiger partial charge is 0.417 e. The SMILES string of the molecule is CC1Cc2ccccc2N1S(=O)(=O)c1cc2oc(=O)[nH]c2cc1Cl. The molecule has 2 aromatic carbocycles. The second-order valence-electron chi connectivity index (χ2n) is 5.78. The van der Waals surface area contributed by atoms with Gasteiger partial charge in [0.15, 0.2) is 5.58 Å². The van der Waals surface area contributed by atoms with Crippen LogP contribution in [0.15, 0.2) is 50.5 Å². The van der Waals surface area contributed by atoms with Crippen molar-refractivity contribution in [1.29, 1.82) is 0 Å². The van der Waals surface area contributed by atoms with Gasteiger partial charge in [-0.2, -0.15) is 0 Å². The van der Waals surface area contributed by atoms with Crippen LogP contribution in [0.25, 0.3) is 11.1 Å². The molecule has 2 heterocycles. The number of hydrogen-bond acceptors (Lipinski definition) is 4. The van der Waals surface area contributed by atoms with E-state index in [0.29, 0.717) is 17.6 Å². The van der Waals surface area contributed by atoms with Gasteiger partial charge < -0.3 is 4.42 Å². The van der Waals surface area contributed by atoms with Gasteiger partial charge in [0, 0.05) is 12.1 Å². The van der Waals surface area contributed by atoms with E-state index < -0.39 is 15.8 Å². The van der Waals surface area contributed by atoms with E-state index in [1.807, 2.05) is 19.1 Å². The van der Waals surface area contributed by atoms with Gasteiger partial charge in [-0.05, 0) is 31.0 Å². The molecule has 1 N–H and O–H groups in total. The summed E-state index contributed by atoms with van der Waals surface area (Å²) in [7, 11) is -3.89. The first-order valence-corrected chi connectivity index (χ1v) is 9.14. The number of fused-ring (bicyclic) bond motifs is 2. The number of oxazole rings is 1. The molecule has 0 spiro atoms. The van der Waals surface area contributed by atoms with Gasteiger partial charge in [0.25, 0.3) is 10.0 Å². The lowest BCUT2D eigenvalue weighted by Crippen LogP contribution is -2.35. The van der Waals surface area contributed by atoms with Crippen molar-refractivity contribution >= 4 is 38.4 Å². The Hall–Kier alpha value is -2.25. The van der Waals surface area contributed by atoms with Crippen LogP contribution in [0.2, 0.25) is 5.02 Å². The first-order valence-electron chi connectivity index (χ1n) is 7.32. The summed E-state index contributed by atoms with van der Waals surface area (Å²) >= 11 is 6.18. The fraction of sp³-hybridized carbons (Fsp3) is 0.188. The van der Waals surface area contributed by atoms with Crippen molar-refractivity contribution in [3.8, 4) is 0 Å². The predicted molar refractivity (Wildman–Crippen MR) is 91.1 cm³/mol. The Morgan fingerprint density at radius 2 is 2.04 bits per heavy atom. The molecule has 4 rings (SSSR count). The van der Waals surface area contributed by atoms with Crippen LogP contribution in [-0.2, 0) is 16.4 Å². The van der Waals surface area contributed by atoms with Gasteiger partial charge in [-0.25, -0.2) is 13.2 Å². The molecule has 8 heteroatoms. The first kappa shape index (κ1) is 15.3. The van der Waals surface area contributed by atoms with Crippen molar-refractivity contribution in [3.63, 3.8) is 0 Å². The van der Waals surface area contributed by atoms with E-state index in [0.717, 1.165) is 5.56 Å². The number of rotatable bonds is 2. The molecule has 6 nitrogen and oxygen atoms in total. The van der Waals surface area contributed by atoms with Crippen molar-refractivity contribution in [2.24, 2.45) is 0 Å². The molecule has 3 aromatic rings. The maximum Gasteiger partial charge on any atom is 0.417 e. The van der Waals surface area contributed by atoms with Crippen molar-refractivity contribution in [1.82, 2.24) is 4.98 Å². The number of anilines is 1.